The Labute approximate surface area is 81.6 Å². The molecule has 0 N–H and O–H groups in total. The van der Waals surface area contributed by atoms with Gasteiger partial charge in [0.05, 0.1) is 0 Å². The highest BCUT2D eigenvalue weighted by Crippen LogP contribution is 1.92. The van der Waals surface area contributed by atoms with Gasteiger partial charge in [-0.3, -0.25) is 0 Å². The van der Waals surface area contributed by atoms with Gasteiger partial charge in [0.2, 0.25) is 0 Å². The molecule has 1 rings (SSSR count). The number of hydrogen-bond acceptors (Lipinski definition) is 0. The zero-order valence-electron chi connectivity index (χ0n) is 8.75. The van der Waals surface area contributed by atoms with E-state index in [2.05, 4.69) is 25.6 Å². The molecule has 0 nitrogen and oxygen atoms in total. The Morgan fingerprint density at radius 1 is 1.23 bits per heavy atom. The molecule has 0 unspecified atom stereocenters. The van der Waals surface area contributed by atoms with Gasteiger partial charge in [-0.1, -0.05) is 60.2 Å². The number of benzene rings is 1. The van der Waals surface area contributed by atoms with Gasteiger partial charge in [-0.25, -0.2) is 0 Å². The summed E-state index contributed by atoms with van der Waals surface area (Å²) in [5.74, 6) is 0. The third-order valence-corrected chi connectivity index (χ3v) is 1.72. The lowest BCUT2D eigenvalue weighted by Crippen LogP contribution is -1.62. The Balaban J connectivity index is 0.000000226. The molecule has 0 aliphatic heterocycles. The fraction of sp³-hybridized carbons (Fsp3) is 0.231. The summed E-state index contributed by atoms with van der Waals surface area (Å²) in [6.07, 6.45) is 3.85. The molecule has 0 bridgehead atoms. The van der Waals surface area contributed by atoms with Gasteiger partial charge in [0.1, 0.15) is 0 Å². The fourth-order valence-corrected chi connectivity index (χ4v) is 0.652. The number of allylic oxidation sites excluding steroid dienone is 3. The van der Waals surface area contributed by atoms with Crippen molar-refractivity contribution in [2.75, 3.05) is 0 Å². The summed E-state index contributed by atoms with van der Waals surface area (Å²) in [7, 11) is 0. The van der Waals surface area contributed by atoms with Crippen LogP contribution < -0.4 is 0 Å². The Hall–Kier alpha value is -1.30. The maximum Gasteiger partial charge on any atom is -0.0398 e. The standard InChI is InChI=1S/C7H8.C6H10/c1-7-5-3-2-4-6-7;1-4-6(3)5-2/h2-6H,1H3;4-5H,1H2,2-3H3/b;6-5-. The normalized spacial score (nSPS) is 9.92. The first-order chi connectivity index (χ1) is 6.20. The summed E-state index contributed by atoms with van der Waals surface area (Å²) < 4.78 is 0. The maximum atomic E-state index is 3.56. The van der Waals surface area contributed by atoms with E-state index in [1.165, 1.54) is 11.1 Å². The lowest BCUT2D eigenvalue weighted by molar-refractivity contribution is 1.48. The molecule has 0 fully saturated rings. The zero-order chi connectivity index (χ0) is 10.1. The van der Waals surface area contributed by atoms with Crippen molar-refractivity contribution < 1.29 is 0 Å². The third-order valence-electron chi connectivity index (χ3n) is 1.72. The van der Waals surface area contributed by atoms with Gasteiger partial charge < -0.3 is 0 Å². The molecular weight excluding hydrogens is 156 g/mol. The van der Waals surface area contributed by atoms with Gasteiger partial charge >= 0.3 is 0 Å². The third kappa shape index (κ3) is 7.07. The van der Waals surface area contributed by atoms with Gasteiger partial charge in [0, 0.05) is 0 Å². The smallest absolute Gasteiger partial charge is 0.0398 e. The molecule has 0 amide bonds. The van der Waals surface area contributed by atoms with E-state index >= 15 is 0 Å². The van der Waals surface area contributed by atoms with E-state index in [0.717, 1.165) is 0 Å². The van der Waals surface area contributed by atoms with Crippen LogP contribution in [0, 0.1) is 6.92 Å². The molecule has 0 saturated carbocycles. The minimum Gasteiger partial charge on any atom is -0.0988 e. The topological polar surface area (TPSA) is 0 Å². The molecule has 0 spiro atoms. The fourth-order valence-electron chi connectivity index (χ4n) is 0.652. The molecule has 1 aromatic rings. The minimum atomic E-state index is 1.23. The van der Waals surface area contributed by atoms with Crippen molar-refractivity contribution in [3.05, 3.63) is 60.2 Å². The van der Waals surface area contributed by atoms with Crippen molar-refractivity contribution in [1.29, 1.82) is 0 Å². The van der Waals surface area contributed by atoms with E-state index in [4.69, 9.17) is 0 Å². The van der Waals surface area contributed by atoms with Crippen LogP contribution in [0.2, 0.25) is 0 Å². The molecule has 0 radical (unpaired) electrons. The Kier molecular flexibility index (Phi) is 6.62. The van der Waals surface area contributed by atoms with Crippen LogP contribution in [0.1, 0.15) is 19.4 Å². The summed E-state index contributed by atoms with van der Waals surface area (Å²) >= 11 is 0. The predicted octanol–water partition coefficient (Wildman–Crippen LogP) is 4.13. The van der Waals surface area contributed by atoms with Gasteiger partial charge in [-0.15, -0.1) is 0 Å². The average molecular weight is 174 g/mol. The zero-order valence-corrected chi connectivity index (χ0v) is 8.75. The highest BCUT2D eigenvalue weighted by molar-refractivity contribution is 5.11. The molecule has 0 heterocycles. The first-order valence-corrected chi connectivity index (χ1v) is 4.47. The monoisotopic (exact) mass is 174 g/mol. The molecule has 70 valence electrons. The van der Waals surface area contributed by atoms with Crippen molar-refractivity contribution in [1.82, 2.24) is 0 Å². The molecule has 0 aliphatic rings. The molecule has 0 heteroatoms. The second-order valence-corrected chi connectivity index (χ2v) is 2.89. The molecule has 0 aliphatic carbocycles. The van der Waals surface area contributed by atoms with Gasteiger partial charge in [-0.2, -0.15) is 0 Å². The lowest BCUT2D eigenvalue weighted by atomic mass is 10.2. The van der Waals surface area contributed by atoms with Crippen molar-refractivity contribution in [3.8, 4) is 0 Å². The maximum absolute atomic E-state index is 3.56. The Morgan fingerprint density at radius 3 is 1.92 bits per heavy atom. The molecular formula is C13H18. The summed E-state index contributed by atoms with van der Waals surface area (Å²) in [6, 6.07) is 10.3. The molecule has 0 atom stereocenters. The molecule has 13 heavy (non-hydrogen) atoms. The lowest BCUT2D eigenvalue weighted by Gasteiger charge is -1.82. The van der Waals surface area contributed by atoms with Gasteiger partial charge in [0.25, 0.3) is 0 Å². The first-order valence-electron chi connectivity index (χ1n) is 4.47. The number of aryl methyl sites for hydroxylation is 1. The highest BCUT2D eigenvalue weighted by Gasteiger charge is 1.72. The van der Waals surface area contributed by atoms with Crippen LogP contribution >= 0.6 is 0 Å². The van der Waals surface area contributed by atoms with E-state index < -0.39 is 0 Å². The molecule has 0 saturated heterocycles. The van der Waals surface area contributed by atoms with Crippen molar-refractivity contribution in [3.63, 3.8) is 0 Å². The summed E-state index contributed by atoms with van der Waals surface area (Å²) in [5, 5.41) is 0. The Morgan fingerprint density at radius 2 is 1.77 bits per heavy atom. The largest absolute Gasteiger partial charge is 0.0988 e. The highest BCUT2D eigenvalue weighted by atomic mass is 13.8. The van der Waals surface area contributed by atoms with Crippen LogP contribution in [0.25, 0.3) is 0 Å². The van der Waals surface area contributed by atoms with Crippen LogP contribution in [-0.2, 0) is 0 Å². The van der Waals surface area contributed by atoms with E-state index in [-0.39, 0.29) is 0 Å². The summed E-state index contributed by atoms with van der Waals surface area (Å²) in [5.41, 5.74) is 2.55. The summed E-state index contributed by atoms with van der Waals surface area (Å²) in [4.78, 5) is 0. The molecule has 1 aromatic carbocycles. The van der Waals surface area contributed by atoms with E-state index in [9.17, 15) is 0 Å². The second kappa shape index (κ2) is 7.35. The summed E-state index contributed by atoms with van der Waals surface area (Å²) in [6.45, 7) is 9.66. The molecule has 0 aromatic heterocycles. The Bertz CT molecular complexity index is 255. The number of hydrogen-bond donors (Lipinski definition) is 0. The SMILES string of the molecule is C=C/C(C)=C\C.Cc1ccccc1. The van der Waals surface area contributed by atoms with Gasteiger partial charge in [-0.05, 0) is 20.8 Å². The van der Waals surface area contributed by atoms with Crippen molar-refractivity contribution >= 4 is 0 Å². The van der Waals surface area contributed by atoms with Crippen LogP contribution in [0.3, 0.4) is 0 Å². The minimum absolute atomic E-state index is 1.23. The van der Waals surface area contributed by atoms with Gasteiger partial charge in [0.15, 0.2) is 0 Å². The van der Waals surface area contributed by atoms with Crippen LogP contribution in [0.15, 0.2) is 54.6 Å². The average Bonchev–Trinajstić information content (AvgIpc) is 2.19. The van der Waals surface area contributed by atoms with E-state index in [0.29, 0.717) is 0 Å². The first kappa shape index (κ1) is 11.7. The van der Waals surface area contributed by atoms with Crippen LogP contribution in [0.5, 0.6) is 0 Å². The van der Waals surface area contributed by atoms with Crippen molar-refractivity contribution in [2.24, 2.45) is 0 Å². The van der Waals surface area contributed by atoms with Crippen LogP contribution in [-0.4, -0.2) is 0 Å². The van der Waals surface area contributed by atoms with E-state index in [1.54, 1.807) is 0 Å². The van der Waals surface area contributed by atoms with Crippen molar-refractivity contribution in [2.45, 2.75) is 20.8 Å². The second-order valence-electron chi connectivity index (χ2n) is 2.89. The number of rotatable bonds is 1. The van der Waals surface area contributed by atoms with E-state index in [1.807, 2.05) is 44.2 Å². The quantitative estimate of drug-likeness (QED) is 0.561. The van der Waals surface area contributed by atoms with Crippen LogP contribution in [0.4, 0.5) is 0 Å². The predicted molar refractivity (Wildman–Crippen MR) is 60.8 cm³/mol.